The van der Waals surface area contributed by atoms with Gasteiger partial charge in [0.15, 0.2) is 5.03 Å². The van der Waals surface area contributed by atoms with Crippen LogP contribution in [0.1, 0.15) is 37.7 Å². The Labute approximate surface area is 139 Å². The molecular formula is C15H19F2N3O3S. The number of amides is 1. The van der Waals surface area contributed by atoms with Crippen LogP contribution in [0.25, 0.3) is 0 Å². The number of sulfonamides is 1. The van der Waals surface area contributed by atoms with Crippen molar-refractivity contribution < 1.29 is 22.0 Å². The molecule has 0 spiro atoms. The van der Waals surface area contributed by atoms with Crippen LogP contribution in [0, 0.1) is 5.92 Å². The summed E-state index contributed by atoms with van der Waals surface area (Å²) in [5.74, 6) is -0.722. The Kier molecular flexibility index (Phi) is 6.00. The van der Waals surface area contributed by atoms with Crippen LogP contribution < -0.4 is 10.5 Å². The van der Waals surface area contributed by atoms with Crippen molar-refractivity contribution in [2.75, 3.05) is 0 Å². The van der Waals surface area contributed by atoms with Crippen LogP contribution in [0.3, 0.4) is 0 Å². The number of rotatable bonds is 6. The largest absolute Gasteiger partial charge is 0.320 e. The number of nitrogens with zero attached hydrogens (tertiary/aromatic N) is 1. The Morgan fingerprint density at radius 2 is 2.17 bits per heavy atom. The van der Waals surface area contributed by atoms with Crippen molar-refractivity contribution in [2.24, 2.45) is 11.7 Å². The van der Waals surface area contributed by atoms with Crippen LogP contribution in [0.15, 0.2) is 35.5 Å². The highest BCUT2D eigenvalue weighted by Crippen LogP contribution is 2.25. The van der Waals surface area contributed by atoms with Crippen molar-refractivity contribution in [1.29, 1.82) is 0 Å². The van der Waals surface area contributed by atoms with Gasteiger partial charge in [0, 0.05) is 6.20 Å². The lowest BCUT2D eigenvalue weighted by Crippen LogP contribution is -2.44. The minimum atomic E-state index is -4.51. The average molecular weight is 359 g/mol. The maximum absolute atomic E-state index is 12.9. The predicted octanol–water partition coefficient (Wildman–Crippen LogP) is 1.90. The number of nitrogens with two attached hydrogens (primary N) is 1. The van der Waals surface area contributed by atoms with Crippen molar-refractivity contribution in [3.63, 3.8) is 0 Å². The Morgan fingerprint density at radius 1 is 1.42 bits per heavy atom. The minimum Gasteiger partial charge on any atom is -0.320 e. The number of pyridine rings is 1. The lowest BCUT2D eigenvalue weighted by Gasteiger charge is -2.21. The molecule has 0 fully saturated rings. The van der Waals surface area contributed by atoms with Gasteiger partial charge < -0.3 is 5.73 Å². The van der Waals surface area contributed by atoms with Gasteiger partial charge in [-0.15, -0.1) is 0 Å². The summed E-state index contributed by atoms with van der Waals surface area (Å²) in [6.07, 6.45) is 4.96. The maximum atomic E-state index is 12.9. The van der Waals surface area contributed by atoms with Crippen molar-refractivity contribution in [3.05, 3.63) is 36.0 Å². The first-order valence-corrected chi connectivity index (χ1v) is 9.00. The number of hydrogen-bond acceptors (Lipinski definition) is 5. The molecular weight excluding hydrogens is 340 g/mol. The van der Waals surface area contributed by atoms with Crippen molar-refractivity contribution in [3.8, 4) is 0 Å². The van der Waals surface area contributed by atoms with Gasteiger partial charge in [-0.05, 0) is 43.7 Å². The summed E-state index contributed by atoms with van der Waals surface area (Å²) in [4.78, 5) is 15.5. The third-order valence-electron chi connectivity index (χ3n) is 3.83. The van der Waals surface area contributed by atoms with E-state index in [9.17, 15) is 22.0 Å². The first kappa shape index (κ1) is 18.5. The van der Waals surface area contributed by atoms with Gasteiger partial charge in [0.05, 0.1) is 11.6 Å². The topological polar surface area (TPSA) is 102 Å². The van der Waals surface area contributed by atoms with Crippen LogP contribution >= 0.6 is 0 Å². The van der Waals surface area contributed by atoms with Gasteiger partial charge in [-0.1, -0.05) is 12.2 Å². The fourth-order valence-corrected chi connectivity index (χ4v) is 3.77. The number of aromatic nitrogens is 1. The summed E-state index contributed by atoms with van der Waals surface area (Å²) in [5, 5.41) is -0.860. The second-order valence-electron chi connectivity index (χ2n) is 5.66. The Balaban J connectivity index is 2.08. The van der Waals surface area contributed by atoms with E-state index in [2.05, 4.69) is 4.98 Å². The monoisotopic (exact) mass is 359 g/mol. The SMILES string of the molecule is NC(CC1CC=CCC1)C(=O)NS(=O)(=O)c1ncccc1C(F)F. The van der Waals surface area contributed by atoms with E-state index in [0.29, 0.717) is 6.42 Å². The fraction of sp³-hybridized carbons (Fsp3) is 0.467. The number of carbonyl (C=O) groups excluding carboxylic acids is 1. The second kappa shape index (κ2) is 7.80. The van der Waals surface area contributed by atoms with E-state index < -0.39 is 39.0 Å². The van der Waals surface area contributed by atoms with Gasteiger partial charge in [-0.3, -0.25) is 4.79 Å². The van der Waals surface area contributed by atoms with Crippen LogP contribution in [-0.4, -0.2) is 25.4 Å². The fourth-order valence-electron chi connectivity index (χ4n) is 2.59. The molecule has 2 rings (SSSR count). The molecule has 0 bridgehead atoms. The highest BCUT2D eigenvalue weighted by Gasteiger charge is 2.29. The lowest BCUT2D eigenvalue weighted by molar-refractivity contribution is -0.121. The van der Waals surface area contributed by atoms with E-state index in [1.54, 1.807) is 4.72 Å². The molecule has 1 aliphatic carbocycles. The molecule has 0 aromatic carbocycles. The molecule has 1 amide bonds. The molecule has 6 nitrogen and oxygen atoms in total. The van der Waals surface area contributed by atoms with Gasteiger partial charge in [-0.25, -0.2) is 18.5 Å². The minimum absolute atomic E-state index is 0.199. The summed E-state index contributed by atoms with van der Waals surface area (Å²) in [6, 6.07) is 1.12. The molecule has 24 heavy (non-hydrogen) atoms. The molecule has 1 aliphatic rings. The Bertz CT molecular complexity index is 722. The van der Waals surface area contributed by atoms with Gasteiger partial charge in [0.1, 0.15) is 0 Å². The smallest absolute Gasteiger partial charge is 0.282 e. The third-order valence-corrected chi connectivity index (χ3v) is 5.15. The molecule has 1 aromatic rings. The number of halogens is 2. The quantitative estimate of drug-likeness (QED) is 0.755. The first-order chi connectivity index (χ1) is 11.3. The van der Waals surface area contributed by atoms with E-state index in [1.165, 1.54) is 6.07 Å². The zero-order valence-electron chi connectivity index (χ0n) is 12.9. The van der Waals surface area contributed by atoms with Crippen molar-refractivity contribution >= 4 is 15.9 Å². The van der Waals surface area contributed by atoms with E-state index in [0.717, 1.165) is 31.5 Å². The zero-order chi connectivity index (χ0) is 17.7. The van der Waals surface area contributed by atoms with Gasteiger partial charge in [-0.2, -0.15) is 8.42 Å². The van der Waals surface area contributed by atoms with Crippen LogP contribution in [0.5, 0.6) is 0 Å². The maximum Gasteiger partial charge on any atom is 0.282 e. The van der Waals surface area contributed by atoms with Crippen LogP contribution in [0.4, 0.5) is 8.78 Å². The summed E-state index contributed by atoms with van der Waals surface area (Å²) >= 11 is 0. The molecule has 132 valence electrons. The Hall–Kier alpha value is -1.87. The highest BCUT2D eigenvalue weighted by atomic mass is 32.2. The lowest BCUT2D eigenvalue weighted by atomic mass is 9.89. The van der Waals surface area contributed by atoms with Crippen LogP contribution in [0.2, 0.25) is 0 Å². The molecule has 2 atom stereocenters. The zero-order valence-corrected chi connectivity index (χ0v) is 13.7. The summed E-state index contributed by atoms with van der Waals surface area (Å²) in [7, 11) is -4.51. The van der Waals surface area contributed by atoms with Crippen molar-refractivity contribution in [1.82, 2.24) is 9.71 Å². The molecule has 9 heteroatoms. The van der Waals surface area contributed by atoms with Crippen molar-refractivity contribution in [2.45, 2.75) is 43.2 Å². The molecule has 1 aromatic heterocycles. The van der Waals surface area contributed by atoms with Gasteiger partial charge in [0.25, 0.3) is 22.4 Å². The number of allylic oxidation sites excluding steroid dienone is 2. The number of nitrogens with one attached hydrogen (secondary N) is 1. The summed E-state index contributed by atoms with van der Waals surface area (Å²) < 4.78 is 51.9. The van der Waals surface area contributed by atoms with E-state index in [-0.39, 0.29) is 5.92 Å². The molecule has 2 unspecified atom stereocenters. The molecule has 0 radical (unpaired) electrons. The van der Waals surface area contributed by atoms with Gasteiger partial charge >= 0.3 is 0 Å². The first-order valence-electron chi connectivity index (χ1n) is 7.51. The average Bonchev–Trinajstić information content (AvgIpc) is 2.55. The van der Waals surface area contributed by atoms with E-state index in [4.69, 9.17) is 5.73 Å². The number of alkyl halides is 2. The highest BCUT2D eigenvalue weighted by molar-refractivity contribution is 7.90. The molecule has 1 heterocycles. The van der Waals surface area contributed by atoms with E-state index >= 15 is 0 Å². The molecule has 0 saturated carbocycles. The number of carbonyl (C=O) groups is 1. The summed E-state index contributed by atoms with van der Waals surface area (Å²) in [5.41, 5.74) is 5.00. The summed E-state index contributed by atoms with van der Waals surface area (Å²) in [6.45, 7) is 0. The molecule has 3 N–H and O–H groups in total. The third kappa shape index (κ3) is 4.57. The molecule has 0 saturated heterocycles. The molecule has 0 aliphatic heterocycles. The normalized spacial score (nSPS) is 19.2. The second-order valence-corrected chi connectivity index (χ2v) is 7.26. The number of hydrogen-bond donors (Lipinski definition) is 2. The van der Waals surface area contributed by atoms with E-state index in [1.807, 2.05) is 12.2 Å². The van der Waals surface area contributed by atoms with Crippen LogP contribution in [-0.2, 0) is 14.8 Å². The predicted molar refractivity (Wildman–Crippen MR) is 83.6 cm³/mol. The Morgan fingerprint density at radius 3 is 2.79 bits per heavy atom. The standard InChI is InChI=1S/C15H19F2N3O3S/c16-13(17)11-7-4-8-19-15(11)24(22,23)20-14(21)12(18)9-10-5-2-1-3-6-10/h1-2,4,7-8,10,12-13H,3,5-6,9,18H2,(H,20,21). The van der Waals surface area contributed by atoms with Gasteiger partial charge in [0.2, 0.25) is 0 Å².